The molecule has 1 amide bonds. The molecule has 1 heterocycles. The molecule has 0 unspecified atom stereocenters. The summed E-state index contributed by atoms with van der Waals surface area (Å²) in [5.74, 6) is -0.0716. The molecule has 0 radical (unpaired) electrons. The van der Waals surface area contributed by atoms with E-state index in [0.717, 1.165) is 12.8 Å². The third-order valence-electron chi connectivity index (χ3n) is 2.58. The predicted octanol–water partition coefficient (Wildman–Crippen LogP) is 0.990. The van der Waals surface area contributed by atoms with Gasteiger partial charge in [-0.1, -0.05) is 0 Å². The van der Waals surface area contributed by atoms with Crippen LogP contribution < -0.4 is 5.32 Å². The maximum atomic E-state index is 11.8. The molecule has 1 aromatic heterocycles. The lowest BCUT2D eigenvalue weighted by atomic mass is 10.2. The second-order valence-electron chi connectivity index (χ2n) is 3.91. The van der Waals surface area contributed by atoms with Gasteiger partial charge in [0.2, 0.25) is 0 Å². The first-order valence-electron chi connectivity index (χ1n) is 4.97. The van der Waals surface area contributed by atoms with Crippen LogP contribution in [0.2, 0.25) is 0 Å². The summed E-state index contributed by atoms with van der Waals surface area (Å²) in [6.45, 7) is 0.582. The average molecular weight is 206 g/mol. The summed E-state index contributed by atoms with van der Waals surface area (Å²) < 4.78 is 5.08. The van der Waals surface area contributed by atoms with Gasteiger partial charge in [0.15, 0.2) is 0 Å². The maximum Gasteiger partial charge on any atom is 0.253 e. The molecule has 4 heteroatoms. The molecule has 0 atom stereocenters. The summed E-state index contributed by atoms with van der Waals surface area (Å²) >= 11 is 0. The molecule has 0 aromatic carbocycles. The molecule has 0 spiro atoms. The summed E-state index contributed by atoms with van der Waals surface area (Å²) in [7, 11) is 1.65. The van der Waals surface area contributed by atoms with Crippen molar-refractivity contribution in [2.24, 2.45) is 0 Å². The highest BCUT2D eigenvalue weighted by Crippen LogP contribution is 2.35. The van der Waals surface area contributed by atoms with Crippen LogP contribution in [0.3, 0.4) is 0 Å². The van der Waals surface area contributed by atoms with Crippen LogP contribution in [0, 0.1) is 0 Å². The van der Waals surface area contributed by atoms with E-state index in [2.05, 4.69) is 10.3 Å². The van der Waals surface area contributed by atoms with Gasteiger partial charge in [0.05, 0.1) is 17.7 Å². The van der Waals surface area contributed by atoms with Crippen LogP contribution in [0.4, 0.5) is 0 Å². The summed E-state index contributed by atoms with van der Waals surface area (Å²) in [6, 6.07) is 3.51. The Labute approximate surface area is 88.7 Å². The Morgan fingerprint density at radius 3 is 3.00 bits per heavy atom. The van der Waals surface area contributed by atoms with Gasteiger partial charge in [0, 0.05) is 19.5 Å². The normalized spacial score (nSPS) is 17.1. The van der Waals surface area contributed by atoms with Gasteiger partial charge in [-0.15, -0.1) is 0 Å². The molecule has 0 saturated heterocycles. The predicted molar refractivity (Wildman–Crippen MR) is 55.5 cm³/mol. The third kappa shape index (κ3) is 2.33. The topological polar surface area (TPSA) is 51.2 Å². The van der Waals surface area contributed by atoms with Crippen LogP contribution in [0.1, 0.15) is 23.2 Å². The zero-order valence-corrected chi connectivity index (χ0v) is 8.69. The van der Waals surface area contributed by atoms with E-state index in [4.69, 9.17) is 4.74 Å². The van der Waals surface area contributed by atoms with Crippen LogP contribution in [0.25, 0.3) is 0 Å². The number of methoxy groups -OCH3 is 1. The van der Waals surface area contributed by atoms with E-state index in [9.17, 15) is 4.79 Å². The first kappa shape index (κ1) is 10.1. The minimum absolute atomic E-state index is 0.0716. The van der Waals surface area contributed by atoms with E-state index in [1.165, 1.54) is 0 Å². The zero-order chi connectivity index (χ0) is 10.7. The van der Waals surface area contributed by atoms with Crippen LogP contribution in [0.5, 0.6) is 0 Å². The average Bonchev–Trinajstić information content (AvgIpc) is 3.00. The molecule has 15 heavy (non-hydrogen) atoms. The van der Waals surface area contributed by atoms with Crippen molar-refractivity contribution in [2.75, 3.05) is 13.7 Å². The first-order valence-corrected chi connectivity index (χ1v) is 4.97. The highest BCUT2D eigenvalue weighted by atomic mass is 16.5. The standard InChI is InChI=1S/C11H14N2O2/c1-15-8-11(4-5-11)13-10(14)9-3-2-6-12-7-9/h2-3,6-7H,4-5,8H2,1H3,(H,13,14). The van der Waals surface area contributed by atoms with Gasteiger partial charge in [-0.3, -0.25) is 9.78 Å². The van der Waals surface area contributed by atoms with E-state index in [1.807, 2.05) is 0 Å². The Hall–Kier alpha value is -1.42. The van der Waals surface area contributed by atoms with Crippen molar-refractivity contribution in [3.05, 3.63) is 30.1 Å². The number of aromatic nitrogens is 1. The van der Waals surface area contributed by atoms with E-state index < -0.39 is 0 Å². The van der Waals surface area contributed by atoms with Crippen molar-refractivity contribution < 1.29 is 9.53 Å². The molecule has 1 N–H and O–H groups in total. The van der Waals surface area contributed by atoms with Crippen molar-refractivity contribution in [1.29, 1.82) is 0 Å². The quantitative estimate of drug-likeness (QED) is 0.799. The van der Waals surface area contributed by atoms with Gasteiger partial charge in [0.25, 0.3) is 5.91 Å². The zero-order valence-electron chi connectivity index (χ0n) is 8.69. The second kappa shape index (κ2) is 3.98. The molecule has 2 rings (SSSR count). The number of pyridine rings is 1. The Balaban J connectivity index is 1.99. The smallest absolute Gasteiger partial charge is 0.253 e. The van der Waals surface area contributed by atoms with Crippen molar-refractivity contribution in [3.8, 4) is 0 Å². The fourth-order valence-corrected chi connectivity index (χ4v) is 1.54. The SMILES string of the molecule is COCC1(NC(=O)c2cccnc2)CC1. The molecule has 1 fully saturated rings. The summed E-state index contributed by atoms with van der Waals surface area (Å²) in [6.07, 6.45) is 5.21. The number of hydrogen-bond acceptors (Lipinski definition) is 3. The number of carbonyl (C=O) groups is 1. The lowest BCUT2D eigenvalue weighted by molar-refractivity contribution is 0.0881. The minimum Gasteiger partial charge on any atom is -0.382 e. The molecule has 1 aliphatic rings. The Kier molecular flexibility index (Phi) is 2.68. The fraction of sp³-hybridized carbons (Fsp3) is 0.455. The van der Waals surface area contributed by atoms with Crippen molar-refractivity contribution in [2.45, 2.75) is 18.4 Å². The van der Waals surface area contributed by atoms with Gasteiger partial charge in [-0.25, -0.2) is 0 Å². The minimum atomic E-state index is -0.123. The first-order chi connectivity index (χ1) is 7.26. The molecule has 1 saturated carbocycles. The Morgan fingerprint density at radius 2 is 2.47 bits per heavy atom. The van der Waals surface area contributed by atoms with Crippen LogP contribution in [-0.2, 0) is 4.74 Å². The molecule has 0 bridgehead atoms. The van der Waals surface area contributed by atoms with Gasteiger partial charge in [0.1, 0.15) is 0 Å². The van der Waals surface area contributed by atoms with E-state index in [0.29, 0.717) is 12.2 Å². The summed E-state index contributed by atoms with van der Waals surface area (Å²) in [5, 5.41) is 2.98. The van der Waals surface area contributed by atoms with Crippen LogP contribution in [-0.4, -0.2) is 30.1 Å². The monoisotopic (exact) mass is 206 g/mol. The maximum absolute atomic E-state index is 11.8. The van der Waals surface area contributed by atoms with Crippen molar-refractivity contribution in [3.63, 3.8) is 0 Å². The van der Waals surface area contributed by atoms with E-state index >= 15 is 0 Å². The number of ether oxygens (including phenoxy) is 1. The van der Waals surface area contributed by atoms with E-state index in [1.54, 1.807) is 31.6 Å². The van der Waals surface area contributed by atoms with Gasteiger partial charge in [-0.05, 0) is 25.0 Å². The Bertz CT molecular complexity index is 347. The number of hydrogen-bond donors (Lipinski definition) is 1. The van der Waals surface area contributed by atoms with Crippen LogP contribution >= 0.6 is 0 Å². The van der Waals surface area contributed by atoms with Gasteiger partial charge in [-0.2, -0.15) is 0 Å². The highest BCUT2D eigenvalue weighted by molar-refractivity contribution is 5.94. The van der Waals surface area contributed by atoms with Gasteiger partial charge >= 0.3 is 0 Å². The van der Waals surface area contributed by atoms with Crippen molar-refractivity contribution in [1.82, 2.24) is 10.3 Å². The number of rotatable bonds is 4. The largest absolute Gasteiger partial charge is 0.382 e. The number of nitrogens with one attached hydrogen (secondary N) is 1. The lowest BCUT2D eigenvalue weighted by Crippen LogP contribution is -2.40. The van der Waals surface area contributed by atoms with E-state index in [-0.39, 0.29) is 11.4 Å². The number of carbonyl (C=O) groups excluding carboxylic acids is 1. The molecular weight excluding hydrogens is 192 g/mol. The molecular formula is C11H14N2O2. The second-order valence-corrected chi connectivity index (χ2v) is 3.91. The summed E-state index contributed by atoms with van der Waals surface area (Å²) in [5.41, 5.74) is 0.474. The third-order valence-corrected chi connectivity index (χ3v) is 2.58. The van der Waals surface area contributed by atoms with Crippen LogP contribution in [0.15, 0.2) is 24.5 Å². The molecule has 80 valence electrons. The highest BCUT2D eigenvalue weighted by Gasteiger charge is 2.44. The number of nitrogens with zero attached hydrogens (tertiary/aromatic N) is 1. The Morgan fingerprint density at radius 1 is 1.67 bits per heavy atom. The van der Waals surface area contributed by atoms with Crippen molar-refractivity contribution >= 4 is 5.91 Å². The lowest BCUT2D eigenvalue weighted by Gasteiger charge is -2.15. The van der Waals surface area contributed by atoms with Gasteiger partial charge < -0.3 is 10.1 Å². The molecule has 4 nitrogen and oxygen atoms in total. The number of amides is 1. The molecule has 1 aliphatic carbocycles. The molecule has 1 aromatic rings. The molecule has 0 aliphatic heterocycles. The fourth-order valence-electron chi connectivity index (χ4n) is 1.54. The summed E-state index contributed by atoms with van der Waals surface area (Å²) in [4.78, 5) is 15.7.